The van der Waals surface area contributed by atoms with E-state index in [1.54, 1.807) is 37.3 Å². The van der Waals surface area contributed by atoms with Crippen LogP contribution in [0.1, 0.15) is 22.8 Å². The van der Waals surface area contributed by atoms with Crippen LogP contribution < -0.4 is 0 Å². The van der Waals surface area contributed by atoms with Gasteiger partial charge in [0, 0.05) is 0 Å². The number of rotatable bonds is 4. The summed E-state index contributed by atoms with van der Waals surface area (Å²) < 4.78 is 5.09. The summed E-state index contributed by atoms with van der Waals surface area (Å²) in [5.74, 6) is -1.63. The second kappa shape index (κ2) is 9.42. The zero-order valence-corrected chi connectivity index (χ0v) is 18.6. The number of benzene rings is 3. The Balaban J connectivity index is 1.79. The van der Waals surface area contributed by atoms with E-state index >= 15 is 0 Å². The van der Waals surface area contributed by atoms with Crippen LogP contribution in [0.15, 0.2) is 88.0 Å². The van der Waals surface area contributed by atoms with Crippen LogP contribution in [0.4, 0.5) is 0 Å². The molecule has 1 heterocycles. The molecule has 1 amide bonds. The minimum atomic E-state index is -0.746. The van der Waals surface area contributed by atoms with E-state index in [1.807, 2.05) is 42.5 Å². The Hall–Kier alpha value is -3.35. The first-order chi connectivity index (χ1) is 15.5. The molecule has 7 heteroatoms. The molecule has 160 valence electrons. The number of thioether (sulfide) groups is 1. The van der Waals surface area contributed by atoms with Crippen LogP contribution in [-0.2, 0) is 9.53 Å². The molecule has 0 bridgehead atoms. The predicted octanol–water partition coefficient (Wildman–Crippen LogP) is 6.20. The van der Waals surface area contributed by atoms with Crippen LogP contribution in [-0.4, -0.2) is 28.6 Å². The summed E-state index contributed by atoms with van der Waals surface area (Å²) in [6.45, 7) is 1.78. The van der Waals surface area contributed by atoms with Crippen molar-refractivity contribution in [3.05, 3.63) is 99.1 Å². The summed E-state index contributed by atoms with van der Waals surface area (Å²) in [7, 11) is 0. The quantitative estimate of drug-likeness (QED) is 0.466. The molecule has 4 rings (SSSR count). The van der Waals surface area contributed by atoms with Gasteiger partial charge in [-0.25, -0.2) is 9.79 Å². The van der Waals surface area contributed by atoms with Crippen molar-refractivity contribution in [1.82, 2.24) is 0 Å². The van der Waals surface area contributed by atoms with Crippen LogP contribution in [0, 0.1) is 0 Å². The van der Waals surface area contributed by atoms with Gasteiger partial charge in [0.25, 0.3) is 5.91 Å². The maximum Gasteiger partial charge on any atom is 0.344 e. The number of hydrogen-bond donors (Lipinski definition) is 1. The van der Waals surface area contributed by atoms with Gasteiger partial charge in [-0.1, -0.05) is 78.0 Å². The first kappa shape index (κ1) is 21.9. The van der Waals surface area contributed by atoms with E-state index in [0.717, 1.165) is 28.1 Å². The third kappa shape index (κ3) is 4.33. The molecule has 3 aromatic carbocycles. The van der Waals surface area contributed by atoms with Crippen molar-refractivity contribution >= 4 is 57.1 Å². The molecule has 32 heavy (non-hydrogen) atoms. The number of nitrogens with zero attached hydrogens (tertiary/aromatic N) is 1. The second-order valence-electron chi connectivity index (χ2n) is 6.83. The summed E-state index contributed by atoms with van der Waals surface area (Å²) in [5, 5.41) is 13.2. The highest BCUT2D eigenvalue weighted by Gasteiger charge is 2.34. The van der Waals surface area contributed by atoms with Crippen molar-refractivity contribution in [3.63, 3.8) is 0 Å². The van der Waals surface area contributed by atoms with Gasteiger partial charge < -0.3 is 9.84 Å². The summed E-state index contributed by atoms with van der Waals surface area (Å²) in [6, 6.07) is 20.2. The fraction of sp³-hybridized carbons (Fsp3) is 0.0800. The monoisotopic (exact) mass is 463 g/mol. The molecule has 0 saturated heterocycles. The molecular formula is C25H18ClNO4S. The van der Waals surface area contributed by atoms with Crippen LogP contribution >= 0.6 is 23.4 Å². The van der Waals surface area contributed by atoms with E-state index in [0.29, 0.717) is 4.91 Å². The number of esters is 1. The Bertz CT molecular complexity index is 1320. The topological polar surface area (TPSA) is 76.0 Å². The van der Waals surface area contributed by atoms with Crippen LogP contribution in [0.2, 0.25) is 5.02 Å². The van der Waals surface area contributed by atoms with Crippen molar-refractivity contribution in [3.8, 4) is 0 Å². The molecule has 0 aliphatic carbocycles. The largest absolute Gasteiger partial charge is 0.506 e. The van der Waals surface area contributed by atoms with Gasteiger partial charge in [0.1, 0.15) is 16.4 Å². The minimum Gasteiger partial charge on any atom is -0.506 e. The molecule has 3 aromatic rings. The van der Waals surface area contributed by atoms with Crippen molar-refractivity contribution < 1.29 is 19.4 Å². The number of carbonyl (C=O) groups excluding carboxylic acids is 2. The minimum absolute atomic E-state index is 0.0670. The number of hydrogen-bond acceptors (Lipinski definition) is 5. The van der Waals surface area contributed by atoms with Gasteiger partial charge in [0.2, 0.25) is 0 Å². The lowest BCUT2D eigenvalue weighted by atomic mass is 10.0. The molecule has 5 nitrogen and oxygen atoms in total. The van der Waals surface area contributed by atoms with Gasteiger partial charge in [-0.05, 0) is 41.5 Å². The van der Waals surface area contributed by atoms with E-state index in [-0.39, 0.29) is 33.6 Å². The van der Waals surface area contributed by atoms with Crippen LogP contribution in [0.5, 0.6) is 0 Å². The standard InChI is InChI=1S/C25H18ClNO4S/c1-2-31-25(30)21-22(28)20(14-16-10-7-9-15-8-3-4-11-17(15)16)32-24(21)27-23(29)18-12-5-6-13-19(18)26/h3-14,28H,2H2,1H3/b20-14-,27-24?. The van der Waals surface area contributed by atoms with Gasteiger partial charge in [0.05, 0.1) is 22.1 Å². The first-order valence-corrected chi connectivity index (χ1v) is 11.0. The summed E-state index contributed by atoms with van der Waals surface area (Å²) in [5.41, 5.74) is 0.930. The molecule has 0 radical (unpaired) electrons. The Morgan fingerprint density at radius 2 is 1.78 bits per heavy atom. The lowest BCUT2D eigenvalue weighted by Crippen LogP contribution is -2.14. The number of aliphatic hydroxyl groups is 1. The Kier molecular flexibility index (Phi) is 6.44. The molecule has 1 N–H and O–H groups in total. The highest BCUT2D eigenvalue weighted by molar-refractivity contribution is 8.18. The van der Waals surface area contributed by atoms with E-state index in [2.05, 4.69) is 4.99 Å². The average molecular weight is 464 g/mol. The van der Waals surface area contributed by atoms with Gasteiger partial charge in [-0.15, -0.1) is 0 Å². The Morgan fingerprint density at radius 1 is 1.06 bits per heavy atom. The number of halogens is 1. The summed E-state index contributed by atoms with van der Waals surface area (Å²) >= 11 is 7.15. The number of aliphatic hydroxyl groups excluding tert-OH is 1. The predicted molar refractivity (Wildman–Crippen MR) is 129 cm³/mol. The first-order valence-electron chi connectivity index (χ1n) is 9.85. The SMILES string of the molecule is CCOC(=O)C1=C(O)/C(=C/c2cccc3ccccc23)SC1=NC(=O)c1ccccc1Cl. The number of amides is 1. The van der Waals surface area contributed by atoms with E-state index in [4.69, 9.17) is 16.3 Å². The summed E-state index contributed by atoms with van der Waals surface area (Å²) in [6.07, 6.45) is 1.77. The van der Waals surface area contributed by atoms with Gasteiger partial charge >= 0.3 is 5.97 Å². The average Bonchev–Trinajstić information content (AvgIpc) is 3.09. The van der Waals surface area contributed by atoms with Gasteiger partial charge in [0.15, 0.2) is 0 Å². The molecule has 1 aliphatic rings. The lowest BCUT2D eigenvalue weighted by Gasteiger charge is -2.04. The van der Waals surface area contributed by atoms with Crippen molar-refractivity contribution in [2.45, 2.75) is 6.92 Å². The fourth-order valence-electron chi connectivity index (χ4n) is 3.30. The van der Waals surface area contributed by atoms with Crippen LogP contribution in [0.25, 0.3) is 16.8 Å². The third-order valence-electron chi connectivity index (χ3n) is 4.79. The van der Waals surface area contributed by atoms with E-state index < -0.39 is 11.9 Å². The van der Waals surface area contributed by atoms with E-state index in [9.17, 15) is 14.7 Å². The maximum absolute atomic E-state index is 12.7. The highest BCUT2D eigenvalue weighted by Crippen LogP contribution is 2.40. The number of fused-ring (bicyclic) bond motifs is 1. The van der Waals surface area contributed by atoms with E-state index in [1.165, 1.54) is 0 Å². The number of aliphatic imine (C=N–C) groups is 1. The van der Waals surface area contributed by atoms with Crippen molar-refractivity contribution in [2.75, 3.05) is 6.61 Å². The number of carbonyl (C=O) groups is 2. The molecule has 0 spiro atoms. The molecule has 0 atom stereocenters. The fourth-order valence-corrected chi connectivity index (χ4v) is 4.52. The molecular weight excluding hydrogens is 446 g/mol. The Morgan fingerprint density at radius 3 is 2.56 bits per heavy atom. The number of ether oxygens (including phenoxy) is 1. The highest BCUT2D eigenvalue weighted by atomic mass is 35.5. The van der Waals surface area contributed by atoms with Crippen molar-refractivity contribution in [2.24, 2.45) is 4.99 Å². The van der Waals surface area contributed by atoms with Crippen LogP contribution in [0.3, 0.4) is 0 Å². The van der Waals surface area contributed by atoms with Gasteiger partial charge in [-0.2, -0.15) is 0 Å². The van der Waals surface area contributed by atoms with Crippen molar-refractivity contribution in [1.29, 1.82) is 0 Å². The third-order valence-corrected chi connectivity index (χ3v) is 6.14. The second-order valence-corrected chi connectivity index (χ2v) is 8.26. The maximum atomic E-state index is 12.7. The smallest absolute Gasteiger partial charge is 0.344 e. The molecule has 0 fully saturated rings. The zero-order chi connectivity index (χ0) is 22.7. The lowest BCUT2D eigenvalue weighted by molar-refractivity contribution is -0.138. The Labute approximate surface area is 194 Å². The summed E-state index contributed by atoms with van der Waals surface area (Å²) in [4.78, 5) is 29.8. The zero-order valence-electron chi connectivity index (χ0n) is 17.0. The normalized spacial score (nSPS) is 16.2. The molecule has 0 unspecified atom stereocenters. The molecule has 0 aromatic heterocycles. The molecule has 0 saturated carbocycles. The molecule has 1 aliphatic heterocycles. The van der Waals surface area contributed by atoms with Gasteiger partial charge in [-0.3, -0.25) is 4.79 Å².